The Hall–Kier alpha value is -3.08. The molecule has 0 aromatic heterocycles. The van der Waals surface area contributed by atoms with Crippen molar-refractivity contribution in [1.82, 2.24) is 0 Å². The maximum Gasteiger partial charge on any atom is 0.343 e. The minimum Gasteiger partial charge on any atom is -0.494 e. The van der Waals surface area contributed by atoms with Gasteiger partial charge in [0.15, 0.2) is 0 Å². The fourth-order valence-corrected chi connectivity index (χ4v) is 4.08. The van der Waals surface area contributed by atoms with Crippen molar-refractivity contribution >= 4 is 11.9 Å². The molecule has 0 radical (unpaired) electrons. The molecule has 5 nitrogen and oxygen atoms in total. The van der Waals surface area contributed by atoms with E-state index in [1.165, 1.54) is 43.7 Å². The van der Waals surface area contributed by atoms with Crippen LogP contribution < -0.4 is 9.47 Å². The average molecular weight is 451 g/mol. The molecule has 1 saturated carbocycles. The molecular weight excluding hydrogens is 416 g/mol. The van der Waals surface area contributed by atoms with E-state index in [0.29, 0.717) is 30.4 Å². The Morgan fingerprint density at radius 3 is 2.12 bits per heavy atom. The van der Waals surface area contributed by atoms with Crippen LogP contribution in [0, 0.1) is 0 Å². The first-order valence-electron chi connectivity index (χ1n) is 12.0. The minimum atomic E-state index is -0.377. The summed E-state index contributed by atoms with van der Waals surface area (Å²) < 4.78 is 16.2. The van der Waals surface area contributed by atoms with Gasteiger partial charge in [0.2, 0.25) is 0 Å². The van der Waals surface area contributed by atoms with Crippen molar-refractivity contribution in [3.05, 3.63) is 72.3 Å². The summed E-state index contributed by atoms with van der Waals surface area (Å²) in [6, 6.07) is 15.0. The summed E-state index contributed by atoms with van der Waals surface area (Å²) in [7, 11) is 0. The van der Waals surface area contributed by atoms with Crippen molar-refractivity contribution in [2.45, 2.75) is 63.7 Å². The van der Waals surface area contributed by atoms with Crippen LogP contribution in [0.2, 0.25) is 0 Å². The highest BCUT2D eigenvalue weighted by Crippen LogP contribution is 2.33. The van der Waals surface area contributed by atoms with Crippen LogP contribution in [0.25, 0.3) is 0 Å². The van der Waals surface area contributed by atoms with Crippen molar-refractivity contribution in [1.29, 1.82) is 0 Å². The fourth-order valence-electron chi connectivity index (χ4n) is 4.08. The monoisotopic (exact) mass is 450 g/mol. The van der Waals surface area contributed by atoms with Crippen LogP contribution in [0.4, 0.5) is 0 Å². The van der Waals surface area contributed by atoms with E-state index in [-0.39, 0.29) is 11.9 Å². The van der Waals surface area contributed by atoms with Crippen LogP contribution in [0.5, 0.6) is 11.5 Å². The predicted molar refractivity (Wildman–Crippen MR) is 129 cm³/mol. The first kappa shape index (κ1) is 24.6. The molecule has 0 bridgehead atoms. The lowest BCUT2D eigenvalue weighted by molar-refractivity contribution is -0.137. The second kappa shape index (κ2) is 13.5. The molecule has 3 rings (SSSR count). The second-order valence-corrected chi connectivity index (χ2v) is 8.45. The van der Waals surface area contributed by atoms with Gasteiger partial charge in [-0.2, -0.15) is 0 Å². The van der Waals surface area contributed by atoms with Gasteiger partial charge in [-0.1, -0.05) is 38.0 Å². The number of rotatable bonds is 12. The molecule has 1 fully saturated rings. The molecular formula is C28H34O5. The number of hydrogen-bond donors (Lipinski definition) is 0. The van der Waals surface area contributed by atoms with Gasteiger partial charge in [-0.25, -0.2) is 9.59 Å². The molecule has 176 valence electrons. The summed E-state index contributed by atoms with van der Waals surface area (Å²) in [4.78, 5) is 23.4. The lowest BCUT2D eigenvalue weighted by Crippen LogP contribution is -2.09. The van der Waals surface area contributed by atoms with Gasteiger partial charge in [0.1, 0.15) is 11.5 Å². The van der Waals surface area contributed by atoms with Crippen LogP contribution in [0.3, 0.4) is 0 Å². The Labute approximate surface area is 196 Å². The van der Waals surface area contributed by atoms with Crippen molar-refractivity contribution < 1.29 is 23.8 Å². The maximum absolute atomic E-state index is 12.5. The number of esters is 2. The van der Waals surface area contributed by atoms with E-state index >= 15 is 0 Å². The van der Waals surface area contributed by atoms with Crippen molar-refractivity contribution in [2.24, 2.45) is 0 Å². The topological polar surface area (TPSA) is 61.8 Å². The number of unbranched alkanes of at least 4 members (excludes halogenated alkanes) is 3. The smallest absolute Gasteiger partial charge is 0.343 e. The highest BCUT2D eigenvalue weighted by atomic mass is 16.5. The number of carbonyl (C=O) groups is 2. The van der Waals surface area contributed by atoms with Gasteiger partial charge < -0.3 is 14.2 Å². The minimum absolute atomic E-state index is 0.371. The average Bonchev–Trinajstić information content (AvgIpc) is 2.86. The molecule has 1 aliphatic rings. The third-order valence-corrected chi connectivity index (χ3v) is 5.98. The Balaban J connectivity index is 1.35. The number of carbonyl (C=O) groups excluding carboxylic acids is 2. The molecule has 0 N–H and O–H groups in total. The summed E-state index contributed by atoms with van der Waals surface area (Å²) in [5.41, 5.74) is 1.83. The van der Waals surface area contributed by atoms with E-state index in [1.54, 1.807) is 24.3 Å². The molecule has 0 amide bonds. The molecule has 2 aromatic rings. The van der Waals surface area contributed by atoms with Crippen LogP contribution in [0.1, 0.15) is 79.6 Å². The summed E-state index contributed by atoms with van der Waals surface area (Å²) in [5, 5.41) is 0. The van der Waals surface area contributed by atoms with Gasteiger partial charge in [0, 0.05) is 6.08 Å². The zero-order valence-corrected chi connectivity index (χ0v) is 19.3. The van der Waals surface area contributed by atoms with Gasteiger partial charge >= 0.3 is 11.9 Å². The van der Waals surface area contributed by atoms with Crippen molar-refractivity contribution in [3.63, 3.8) is 0 Å². The first-order valence-corrected chi connectivity index (χ1v) is 12.0. The Kier molecular flexibility index (Phi) is 10.0. The first-order chi connectivity index (χ1) is 16.2. The molecule has 1 aliphatic carbocycles. The lowest BCUT2D eigenvalue weighted by atomic mass is 9.84. The largest absolute Gasteiger partial charge is 0.494 e. The van der Waals surface area contributed by atoms with Crippen LogP contribution in [-0.2, 0) is 9.53 Å². The van der Waals surface area contributed by atoms with E-state index in [0.717, 1.165) is 31.4 Å². The Morgan fingerprint density at radius 1 is 0.818 bits per heavy atom. The predicted octanol–water partition coefficient (Wildman–Crippen LogP) is 6.62. The molecule has 0 unspecified atom stereocenters. The van der Waals surface area contributed by atoms with Crippen LogP contribution >= 0.6 is 0 Å². The molecule has 5 heteroatoms. The summed E-state index contributed by atoms with van der Waals surface area (Å²) in [5.74, 6) is 1.18. The molecule has 33 heavy (non-hydrogen) atoms. The zero-order valence-electron chi connectivity index (χ0n) is 19.3. The highest BCUT2D eigenvalue weighted by molar-refractivity contribution is 5.91. The fraction of sp³-hybridized carbons (Fsp3) is 0.429. The molecule has 0 atom stereocenters. The second-order valence-electron chi connectivity index (χ2n) is 8.45. The molecule has 0 saturated heterocycles. The van der Waals surface area contributed by atoms with Gasteiger partial charge in [-0.05, 0) is 86.4 Å². The van der Waals surface area contributed by atoms with Gasteiger partial charge in [0.25, 0.3) is 0 Å². The van der Waals surface area contributed by atoms with Crippen LogP contribution in [0.15, 0.2) is 61.2 Å². The zero-order chi connectivity index (χ0) is 23.3. The van der Waals surface area contributed by atoms with Gasteiger partial charge in [-0.3, -0.25) is 0 Å². The van der Waals surface area contributed by atoms with E-state index in [9.17, 15) is 9.59 Å². The third kappa shape index (κ3) is 8.41. The SMILES string of the molecule is C=CC(=O)OCCCCCCOc1ccc(C(=O)Oc2ccc(C3CCCCC3)cc2)cc1. The standard InChI is InChI=1S/C28H34O5/c1-2-27(29)32-21-9-4-3-8-20-31-25-16-14-24(15-17-25)28(30)33-26-18-12-23(13-19-26)22-10-6-5-7-11-22/h2,12-19,22H,1,3-11,20-21H2. The van der Waals surface area contributed by atoms with Crippen LogP contribution in [-0.4, -0.2) is 25.2 Å². The van der Waals surface area contributed by atoms with Gasteiger partial charge in [-0.15, -0.1) is 0 Å². The maximum atomic E-state index is 12.5. The Bertz CT molecular complexity index is 880. The lowest BCUT2D eigenvalue weighted by Gasteiger charge is -2.22. The van der Waals surface area contributed by atoms with Crippen molar-refractivity contribution in [2.75, 3.05) is 13.2 Å². The summed E-state index contributed by atoms with van der Waals surface area (Å²) in [6.07, 6.45) is 11.3. The van der Waals surface area contributed by atoms with E-state index < -0.39 is 0 Å². The molecule has 0 heterocycles. The van der Waals surface area contributed by atoms with Gasteiger partial charge in [0.05, 0.1) is 18.8 Å². The molecule has 0 aliphatic heterocycles. The number of benzene rings is 2. The molecule has 2 aromatic carbocycles. The van der Waals surface area contributed by atoms with E-state index in [1.807, 2.05) is 12.1 Å². The van der Waals surface area contributed by atoms with Crippen molar-refractivity contribution in [3.8, 4) is 11.5 Å². The Morgan fingerprint density at radius 2 is 1.45 bits per heavy atom. The summed E-state index contributed by atoms with van der Waals surface area (Å²) >= 11 is 0. The third-order valence-electron chi connectivity index (χ3n) is 5.98. The van der Waals surface area contributed by atoms with E-state index in [4.69, 9.17) is 14.2 Å². The van der Waals surface area contributed by atoms with E-state index in [2.05, 4.69) is 18.7 Å². The highest BCUT2D eigenvalue weighted by Gasteiger charge is 2.16. The number of hydrogen-bond acceptors (Lipinski definition) is 5. The quantitative estimate of drug-likeness (QED) is 0.157. The normalized spacial score (nSPS) is 13.8. The summed E-state index contributed by atoms with van der Waals surface area (Å²) in [6.45, 7) is 4.39. The molecule has 0 spiro atoms. The number of ether oxygens (including phenoxy) is 3.